The highest BCUT2D eigenvalue weighted by atomic mass is 16.5. The van der Waals surface area contributed by atoms with Crippen molar-refractivity contribution in [2.24, 2.45) is 0 Å². The highest BCUT2D eigenvalue weighted by Crippen LogP contribution is 2.23. The van der Waals surface area contributed by atoms with E-state index in [9.17, 15) is 0 Å². The molecule has 0 N–H and O–H groups in total. The summed E-state index contributed by atoms with van der Waals surface area (Å²) < 4.78 is 4.80. The van der Waals surface area contributed by atoms with E-state index in [1.807, 2.05) is 42.5 Å². The van der Waals surface area contributed by atoms with Crippen molar-refractivity contribution >= 4 is 12.2 Å². The van der Waals surface area contributed by atoms with Crippen molar-refractivity contribution in [2.75, 3.05) is 0 Å². The largest absolute Gasteiger partial charge is 0.345 e. The van der Waals surface area contributed by atoms with Gasteiger partial charge in [0, 0.05) is 10.8 Å². The van der Waals surface area contributed by atoms with Gasteiger partial charge >= 0.3 is 0 Å². The lowest BCUT2D eigenvalue weighted by Gasteiger charge is -2.01. The molecule has 3 aromatic rings. The summed E-state index contributed by atoms with van der Waals surface area (Å²) >= 11 is 0. The van der Waals surface area contributed by atoms with Crippen LogP contribution in [0.2, 0.25) is 0 Å². The molecule has 0 unspecified atom stereocenters. The van der Waals surface area contributed by atoms with Gasteiger partial charge in [0.1, 0.15) is 5.69 Å². The van der Waals surface area contributed by atoms with Crippen LogP contribution >= 0.6 is 0 Å². The maximum absolute atomic E-state index is 4.80. The molecule has 3 nitrogen and oxygen atoms in total. The summed E-state index contributed by atoms with van der Waals surface area (Å²) in [6, 6.07) is 18.2. The van der Waals surface area contributed by atoms with Crippen LogP contribution in [0.3, 0.4) is 0 Å². The fourth-order valence-electron chi connectivity index (χ4n) is 1.91. The van der Waals surface area contributed by atoms with Crippen LogP contribution in [0.1, 0.15) is 11.1 Å². The minimum absolute atomic E-state index is 0.744. The van der Waals surface area contributed by atoms with Gasteiger partial charge in [0.15, 0.2) is 6.26 Å². The Kier molecular flexibility index (Phi) is 3.19. The lowest BCUT2D eigenvalue weighted by molar-refractivity contribution is 0.393. The van der Waals surface area contributed by atoms with E-state index in [0.717, 1.165) is 22.4 Å². The van der Waals surface area contributed by atoms with Crippen molar-refractivity contribution in [3.05, 3.63) is 72.0 Å². The minimum atomic E-state index is 0.744. The van der Waals surface area contributed by atoms with E-state index >= 15 is 0 Å². The molecular weight excluding hydrogens is 236 g/mol. The molecule has 0 bridgehead atoms. The fourth-order valence-corrected chi connectivity index (χ4v) is 1.91. The van der Waals surface area contributed by atoms with Crippen molar-refractivity contribution in [2.45, 2.75) is 0 Å². The Morgan fingerprint density at radius 1 is 0.842 bits per heavy atom. The summed E-state index contributed by atoms with van der Waals surface area (Å²) in [5, 5.41) is 7.46. The fraction of sp³-hybridized carbons (Fsp3) is 0. The molecule has 2 aromatic carbocycles. The Labute approximate surface area is 111 Å². The van der Waals surface area contributed by atoms with Crippen molar-refractivity contribution in [1.82, 2.24) is 10.4 Å². The zero-order valence-electron chi connectivity index (χ0n) is 10.2. The summed E-state index contributed by atoms with van der Waals surface area (Å²) in [4.78, 5) is 0. The SMILES string of the molecule is C(=C\c1ccccc1-c1conn1)/c1ccccc1. The monoisotopic (exact) mass is 248 g/mol. The van der Waals surface area contributed by atoms with Crippen LogP contribution in [0.15, 0.2) is 65.4 Å². The van der Waals surface area contributed by atoms with Gasteiger partial charge in [-0.2, -0.15) is 0 Å². The molecule has 1 aromatic heterocycles. The number of hydrogen-bond donors (Lipinski definition) is 0. The number of benzene rings is 2. The van der Waals surface area contributed by atoms with Gasteiger partial charge in [-0.15, -0.1) is 5.10 Å². The average Bonchev–Trinajstić information content (AvgIpc) is 3.01. The van der Waals surface area contributed by atoms with Crippen LogP contribution in [0.4, 0.5) is 0 Å². The zero-order valence-corrected chi connectivity index (χ0v) is 10.2. The molecule has 0 fully saturated rings. The van der Waals surface area contributed by atoms with Gasteiger partial charge in [-0.3, -0.25) is 0 Å². The highest BCUT2D eigenvalue weighted by Gasteiger charge is 2.05. The van der Waals surface area contributed by atoms with Crippen LogP contribution < -0.4 is 0 Å². The van der Waals surface area contributed by atoms with Crippen molar-refractivity contribution in [3.63, 3.8) is 0 Å². The summed E-state index contributed by atoms with van der Waals surface area (Å²) in [6.07, 6.45) is 5.70. The van der Waals surface area contributed by atoms with Crippen LogP contribution in [0.25, 0.3) is 23.4 Å². The summed E-state index contributed by atoms with van der Waals surface area (Å²) in [7, 11) is 0. The lowest BCUT2D eigenvalue weighted by atomic mass is 10.0. The Balaban J connectivity index is 1.96. The quantitative estimate of drug-likeness (QED) is 0.660. The van der Waals surface area contributed by atoms with Crippen LogP contribution in [0, 0.1) is 0 Å². The van der Waals surface area contributed by atoms with Crippen LogP contribution in [0.5, 0.6) is 0 Å². The summed E-state index contributed by atoms with van der Waals surface area (Å²) in [5.74, 6) is 0. The molecule has 0 spiro atoms. The van der Waals surface area contributed by atoms with E-state index in [-0.39, 0.29) is 0 Å². The first-order valence-electron chi connectivity index (χ1n) is 6.03. The molecule has 19 heavy (non-hydrogen) atoms. The second-order valence-electron chi connectivity index (χ2n) is 4.12. The third kappa shape index (κ3) is 2.60. The van der Waals surface area contributed by atoms with Gasteiger partial charge in [0.2, 0.25) is 0 Å². The van der Waals surface area contributed by atoms with Crippen molar-refractivity contribution in [1.29, 1.82) is 0 Å². The first kappa shape index (κ1) is 11.4. The molecule has 0 aliphatic rings. The molecular formula is C16H12N2O. The Hall–Kier alpha value is -2.68. The van der Waals surface area contributed by atoms with Crippen molar-refractivity contribution < 1.29 is 4.52 Å². The van der Waals surface area contributed by atoms with E-state index < -0.39 is 0 Å². The standard InChI is InChI=1S/C16H12N2O/c1-2-6-13(7-3-1)10-11-14-8-4-5-9-15(14)16-12-19-18-17-16/h1-12H/b11-10+. The number of rotatable bonds is 3. The second-order valence-corrected chi connectivity index (χ2v) is 4.12. The molecule has 92 valence electrons. The molecule has 0 aliphatic heterocycles. The van der Waals surface area contributed by atoms with E-state index in [1.54, 1.807) is 6.26 Å². The molecule has 3 heteroatoms. The normalized spacial score (nSPS) is 10.9. The van der Waals surface area contributed by atoms with E-state index in [4.69, 9.17) is 4.52 Å². The summed E-state index contributed by atoms with van der Waals surface area (Å²) in [5.41, 5.74) is 4.00. The maximum Gasteiger partial charge on any atom is 0.152 e. The first-order valence-corrected chi connectivity index (χ1v) is 6.03. The van der Waals surface area contributed by atoms with E-state index in [2.05, 4.69) is 34.7 Å². The van der Waals surface area contributed by atoms with Crippen LogP contribution in [-0.4, -0.2) is 10.4 Å². The number of nitrogens with zero attached hydrogens (tertiary/aromatic N) is 2. The lowest BCUT2D eigenvalue weighted by Crippen LogP contribution is -1.83. The third-order valence-corrected chi connectivity index (χ3v) is 2.85. The Morgan fingerprint density at radius 3 is 2.42 bits per heavy atom. The predicted octanol–water partition coefficient (Wildman–Crippen LogP) is 3.91. The van der Waals surface area contributed by atoms with Gasteiger partial charge < -0.3 is 4.52 Å². The van der Waals surface area contributed by atoms with Gasteiger partial charge in [0.25, 0.3) is 0 Å². The molecule has 0 saturated carbocycles. The first-order chi connectivity index (χ1) is 9.43. The van der Waals surface area contributed by atoms with Gasteiger partial charge in [-0.25, -0.2) is 0 Å². The zero-order chi connectivity index (χ0) is 12.9. The smallest absolute Gasteiger partial charge is 0.152 e. The molecule has 1 heterocycles. The molecule has 0 saturated heterocycles. The molecule has 0 radical (unpaired) electrons. The Bertz CT molecular complexity index is 673. The van der Waals surface area contributed by atoms with Gasteiger partial charge in [0.05, 0.1) is 0 Å². The number of aromatic nitrogens is 2. The third-order valence-electron chi connectivity index (χ3n) is 2.85. The minimum Gasteiger partial charge on any atom is -0.345 e. The van der Waals surface area contributed by atoms with Gasteiger partial charge in [-0.05, 0) is 11.1 Å². The molecule has 0 aliphatic carbocycles. The van der Waals surface area contributed by atoms with Crippen molar-refractivity contribution in [3.8, 4) is 11.3 Å². The molecule has 3 rings (SSSR count). The van der Waals surface area contributed by atoms with Gasteiger partial charge in [-0.1, -0.05) is 66.7 Å². The second kappa shape index (κ2) is 5.31. The maximum atomic E-state index is 4.80. The molecule has 0 amide bonds. The average molecular weight is 248 g/mol. The topological polar surface area (TPSA) is 38.9 Å². The van der Waals surface area contributed by atoms with Crippen LogP contribution in [-0.2, 0) is 0 Å². The predicted molar refractivity (Wildman–Crippen MR) is 75.1 cm³/mol. The molecule has 0 atom stereocenters. The summed E-state index contributed by atoms with van der Waals surface area (Å²) in [6.45, 7) is 0. The highest BCUT2D eigenvalue weighted by molar-refractivity contribution is 5.79. The number of hydrogen-bond acceptors (Lipinski definition) is 3. The van der Waals surface area contributed by atoms with E-state index in [0.29, 0.717) is 0 Å². The Morgan fingerprint density at radius 2 is 1.63 bits per heavy atom. The van der Waals surface area contributed by atoms with E-state index in [1.165, 1.54) is 0 Å².